The van der Waals surface area contributed by atoms with Crippen LogP contribution in [0.25, 0.3) is 33.2 Å². The van der Waals surface area contributed by atoms with E-state index in [1.807, 2.05) is 12.1 Å². The average Bonchev–Trinajstić information content (AvgIpc) is 3.18. The molecule has 3 aromatic carbocycles. The molecule has 2 nitrogen and oxygen atoms in total. The molecule has 0 bridgehead atoms. The Labute approximate surface area is 168 Å². The van der Waals surface area contributed by atoms with Gasteiger partial charge in [0, 0.05) is 17.0 Å². The molecule has 1 aliphatic rings. The molecule has 0 spiro atoms. The number of fused-ring (bicyclic) bond motifs is 1. The highest BCUT2D eigenvalue weighted by Gasteiger charge is 2.15. The molecule has 0 aliphatic carbocycles. The first-order valence-corrected chi connectivity index (χ1v) is 10.1. The lowest BCUT2D eigenvalue weighted by atomic mass is 10.0. The number of benzene rings is 3. The minimum absolute atomic E-state index is 0.292. The highest BCUT2D eigenvalue weighted by molar-refractivity contribution is 7.19. The van der Waals surface area contributed by atoms with E-state index < -0.39 is 0 Å². The fourth-order valence-electron chi connectivity index (χ4n) is 3.53. The third kappa shape index (κ3) is 3.21. The fraction of sp³-hybridized carbons (Fsp3) is 0.0400. The Hall–Kier alpha value is -3.30. The van der Waals surface area contributed by atoms with Gasteiger partial charge in [-0.1, -0.05) is 66.7 Å². The summed E-state index contributed by atoms with van der Waals surface area (Å²) < 4.78 is 0. The van der Waals surface area contributed by atoms with Crippen LogP contribution >= 0.6 is 11.3 Å². The van der Waals surface area contributed by atoms with Crippen molar-refractivity contribution < 1.29 is 5.11 Å². The van der Waals surface area contributed by atoms with Crippen molar-refractivity contribution in [2.45, 2.75) is 0 Å². The number of thiophene rings is 1. The van der Waals surface area contributed by atoms with Gasteiger partial charge in [0.1, 0.15) is 5.75 Å². The maximum Gasteiger partial charge on any atom is 0.115 e. The van der Waals surface area contributed by atoms with Crippen molar-refractivity contribution in [2.75, 3.05) is 11.9 Å². The normalized spacial score (nSPS) is 12.8. The minimum Gasteiger partial charge on any atom is -0.508 e. The topological polar surface area (TPSA) is 32.3 Å². The van der Waals surface area contributed by atoms with Crippen LogP contribution in [-0.4, -0.2) is 11.7 Å². The van der Waals surface area contributed by atoms with E-state index in [-0.39, 0.29) is 0 Å². The summed E-state index contributed by atoms with van der Waals surface area (Å²) in [5.41, 5.74) is 7.32. The highest BCUT2D eigenvalue weighted by atomic mass is 32.1. The van der Waals surface area contributed by atoms with E-state index >= 15 is 0 Å². The maximum atomic E-state index is 9.46. The smallest absolute Gasteiger partial charge is 0.115 e. The first-order chi connectivity index (χ1) is 13.8. The molecule has 0 fully saturated rings. The maximum absolute atomic E-state index is 9.46. The number of hydrogen-bond acceptors (Lipinski definition) is 3. The number of rotatable bonds is 3. The Balaban J connectivity index is 1.43. The quantitative estimate of drug-likeness (QED) is 0.411. The second-order valence-corrected chi connectivity index (χ2v) is 7.96. The average molecular weight is 382 g/mol. The highest BCUT2D eigenvalue weighted by Crippen LogP contribution is 2.40. The van der Waals surface area contributed by atoms with Gasteiger partial charge in [-0.3, -0.25) is 0 Å². The minimum atomic E-state index is 0.292. The van der Waals surface area contributed by atoms with E-state index in [2.05, 4.69) is 72.1 Å². The Kier molecular flexibility index (Phi) is 4.22. The van der Waals surface area contributed by atoms with Gasteiger partial charge in [0.25, 0.3) is 0 Å². The summed E-state index contributed by atoms with van der Waals surface area (Å²) in [6, 6.07) is 28.7. The van der Waals surface area contributed by atoms with E-state index in [0.717, 1.165) is 17.7 Å². The summed E-state index contributed by atoms with van der Waals surface area (Å²) in [4.78, 5) is 1.26. The molecule has 0 saturated carbocycles. The van der Waals surface area contributed by atoms with E-state index in [1.54, 1.807) is 23.5 Å². The number of phenols is 1. The van der Waals surface area contributed by atoms with Gasteiger partial charge >= 0.3 is 0 Å². The molecular weight excluding hydrogens is 362 g/mol. The second-order valence-electron chi connectivity index (χ2n) is 6.91. The molecule has 1 aliphatic heterocycles. The van der Waals surface area contributed by atoms with Gasteiger partial charge in [0.2, 0.25) is 0 Å². The Bertz CT molecular complexity index is 1140. The molecule has 1 aromatic heterocycles. The van der Waals surface area contributed by atoms with Crippen LogP contribution < -0.4 is 5.32 Å². The van der Waals surface area contributed by atoms with Crippen LogP contribution in [0.5, 0.6) is 5.75 Å². The molecule has 2 heterocycles. The molecule has 2 N–H and O–H groups in total. The van der Waals surface area contributed by atoms with Crippen LogP contribution in [-0.2, 0) is 0 Å². The van der Waals surface area contributed by atoms with Crippen LogP contribution in [0.3, 0.4) is 0 Å². The number of anilines is 1. The third-order valence-corrected chi connectivity index (χ3v) is 6.20. The van der Waals surface area contributed by atoms with Crippen LogP contribution in [0.1, 0.15) is 11.1 Å². The zero-order valence-corrected chi connectivity index (χ0v) is 16.0. The summed E-state index contributed by atoms with van der Waals surface area (Å²) in [6.07, 6.45) is 2.30. The molecule has 0 radical (unpaired) electrons. The van der Waals surface area contributed by atoms with Gasteiger partial charge in [-0.2, -0.15) is 0 Å². The number of aromatic hydroxyl groups is 1. The van der Waals surface area contributed by atoms with Crippen molar-refractivity contribution in [3.63, 3.8) is 0 Å². The molecule has 4 aromatic rings. The number of phenolic OH excluding ortho intramolecular Hbond substituents is 1. The van der Waals surface area contributed by atoms with Crippen LogP contribution in [0, 0.1) is 0 Å². The monoisotopic (exact) mass is 381 g/mol. The predicted molar refractivity (Wildman–Crippen MR) is 120 cm³/mol. The summed E-state index contributed by atoms with van der Waals surface area (Å²) >= 11 is 1.80. The molecule has 0 saturated heterocycles. The van der Waals surface area contributed by atoms with Gasteiger partial charge in [0.15, 0.2) is 0 Å². The number of hydrogen-bond donors (Lipinski definition) is 2. The van der Waals surface area contributed by atoms with Crippen LogP contribution in [0.4, 0.5) is 5.00 Å². The molecule has 0 unspecified atom stereocenters. The number of nitrogens with one attached hydrogen (secondary N) is 1. The van der Waals surface area contributed by atoms with Gasteiger partial charge < -0.3 is 10.4 Å². The van der Waals surface area contributed by atoms with E-state index in [9.17, 15) is 5.11 Å². The van der Waals surface area contributed by atoms with E-state index in [4.69, 9.17) is 0 Å². The summed E-state index contributed by atoms with van der Waals surface area (Å²) in [5.74, 6) is 0.292. The SMILES string of the molecule is Oc1ccc(-c2ccc(-c3cc4c(s3)NCC(c3ccccc3)=C4)cc2)cc1. The molecular formula is C25H19NOS. The fourth-order valence-corrected chi connectivity index (χ4v) is 4.57. The Morgan fingerprint density at radius 2 is 1.36 bits per heavy atom. The summed E-state index contributed by atoms with van der Waals surface area (Å²) in [6.45, 7) is 0.858. The zero-order valence-electron chi connectivity index (χ0n) is 15.2. The predicted octanol–water partition coefficient (Wildman–Crippen LogP) is 6.75. The van der Waals surface area contributed by atoms with Crippen LogP contribution in [0.2, 0.25) is 0 Å². The van der Waals surface area contributed by atoms with Gasteiger partial charge in [-0.05, 0) is 52.1 Å². The van der Waals surface area contributed by atoms with Gasteiger partial charge in [-0.25, -0.2) is 0 Å². The first kappa shape index (κ1) is 16.8. The Morgan fingerprint density at radius 1 is 0.714 bits per heavy atom. The lowest BCUT2D eigenvalue weighted by molar-refractivity contribution is 0.475. The molecule has 0 atom stereocenters. The van der Waals surface area contributed by atoms with Crippen molar-refractivity contribution in [3.05, 3.63) is 96.1 Å². The van der Waals surface area contributed by atoms with Crippen molar-refractivity contribution in [2.24, 2.45) is 0 Å². The third-order valence-electron chi connectivity index (χ3n) is 5.04. The largest absolute Gasteiger partial charge is 0.508 e. The van der Waals surface area contributed by atoms with Crippen molar-refractivity contribution in [3.8, 4) is 27.3 Å². The molecule has 28 heavy (non-hydrogen) atoms. The van der Waals surface area contributed by atoms with E-state index in [1.165, 1.54) is 32.1 Å². The van der Waals surface area contributed by atoms with Crippen molar-refractivity contribution >= 4 is 28.0 Å². The lowest BCUT2D eigenvalue weighted by Gasteiger charge is -2.15. The molecule has 136 valence electrons. The van der Waals surface area contributed by atoms with Crippen LogP contribution in [0.15, 0.2) is 84.9 Å². The summed E-state index contributed by atoms with van der Waals surface area (Å²) in [7, 11) is 0. The first-order valence-electron chi connectivity index (χ1n) is 9.30. The second kappa shape index (κ2) is 7.02. The summed E-state index contributed by atoms with van der Waals surface area (Å²) in [5, 5.41) is 14.3. The van der Waals surface area contributed by atoms with E-state index in [0.29, 0.717) is 5.75 Å². The van der Waals surface area contributed by atoms with Gasteiger partial charge in [-0.15, -0.1) is 11.3 Å². The van der Waals surface area contributed by atoms with Crippen molar-refractivity contribution in [1.82, 2.24) is 0 Å². The standard InChI is InChI=1S/C25H19NOS/c27-23-12-10-19(11-13-23)18-6-8-20(9-7-18)24-15-21-14-22(16-26-25(21)28-24)17-4-2-1-3-5-17/h1-15,26-27H,16H2. The Morgan fingerprint density at radius 3 is 2.07 bits per heavy atom. The molecule has 5 rings (SSSR count). The molecule has 0 amide bonds. The molecule has 3 heteroatoms. The zero-order chi connectivity index (χ0) is 18.9. The van der Waals surface area contributed by atoms with Gasteiger partial charge in [0.05, 0.1) is 5.00 Å². The lowest BCUT2D eigenvalue weighted by Crippen LogP contribution is -2.07. The van der Waals surface area contributed by atoms with Crippen molar-refractivity contribution in [1.29, 1.82) is 0 Å².